The molecular formula is C16H19NO3. The number of phenols is 1. The third-order valence-corrected chi connectivity index (χ3v) is 3.18. The summed E-state index contributed by atoms with van der Waals surface area (Å²) in [7, 11) is 1.52. The van der Waals surface area contributed by atoms with E-state index < -0.39 is 0 Å². The Morgan fingerprint density at radius 2 is 1.90 bits per heavy atom. The van der Waals surface area contributed by atoms with E-state index in [9.17, 15) is 10.2 Å². The highest BCUT2D eigenvalue weighted by molar-refractivity contribution is 5.41. The van der Waals surface area contributed by atoms with E-state index in [-0.39, 0.29) is 18.4 Å². The molecule has 2 aromatic rings. The molecule has 106 valence electrons. The van der Waals surface area contributed by atoms with Crippen molar-refractivity contribution in [2.24, 2.45) is 0 Å². The molecule has 3 N–H and O–H groups in total. The van der Waals surface area contributed by atoms with Gasteiger partial charge in [0.2, 0.25) is 0 Å². The number of benzene rings is 2. The van der Waals surface area contributed by atoms with Gasteiger partial charge in [-0.2, -0.15) is 0 Å². The van der Waals surface area contributed by atoms with Crippen LogP contribution >= 0.6 is 0 Å². The zero-order valence-corrected chi connectivity index (χ0v) is 11.4. The first-order valence-electron chi connectivity index (χ1n) is 6.49. The molecule has 0 amide bonds. The molecule has 0 unspecified atom stereocenters. The van der Waals surface area contributed by atoms with Crippen LogP contribution in [0.3, 0.4) is 0 Å². The number of rotatable bonds is 6. The van der Waals surface area contributed by atoms with Crippen LogP contribution in [0.5, 0.6) is 11.5 Å². The highest BCUT2D eigenvalue weighted by Crippen LogP contribution is 2.26. The molecular weight excluding hydrogens is 254 g/mol. The van der Waals surface area contributed by atoms with Crippen molar-refractivity contribution in [2.75, 3.05) is 13.7 Å². The second-order valence-electron chi connectivity index (χ2n) is 4.53. The molecule has 0 heterocycles. The average Bonchev–Trinajstić information content (AvgIpc) is 2.49. The van der Waals surface area contributed by atoms with E-state index in [0.717, 1.165) is 11.1 Å². The van der Waals surface area contributed by atoms with E-state index in [4.69, 9.17) is 4.74 Å². The quantitative estimate of drug-likeness (QED) is 0.755. The summed E-state index contributed by atoms with van der Waals surface area (Å²) in [5, 5.41) is 22.5. The first kappa shape index (κ1) is 14.4. The van der Waals surface area contributed by atoms with Crippen molar-refractivity contribution in [1.82, 2.24) is 5.32 Å². The van der Waals surface area contributed by atoms with Crippen molar-refractivity contribution in [3.05, 3.63) is 59.7 Å². The Hall–Kier alpha value is -2.04. The lowest BCUT2D eigenvalue weighted by Gasteiger charge is -2.17. The molecule has 2 aromatic carbocycles. The first-order valence-corrected chi connectivity index (χ1v) is 6.49. The standard InChI is InChI=1S/C16H19NO3/c1-20-16-8-7-12(9-15(16)19)10-17-14(11-18)13-5-3-2-4-6-13/h2-9,14,17-19H,10-11H2,1H3/t14-/m0/s1. The maximum atomic E-state index is 9.73. The van der Waals surface area contributed by atoms with Gasteiger partial charge in [0, 0.05) is 6.54 Å². The van der Waals surface area contributed by atoms with Crippen molar-refractivity contribution >= 4 is 0 Å². The van der Waals surface area contributed by atoms with E-state index in [0.29, 0.717) is 12.3 Å². The number of hydrogen-bond acceptors (Lipinski definition) is 4. The molecule has 0 spiro atoms. The summed E-state index contributed by atoms with van der Waals surface area (Å²) in [5.74, 6) is 0.572. The molecule has 4 nitrogen and oxygen atoms in total. The fraction of sp³-hybridized carbons (Fsp3) is 0.250. The summed E-state index contributed by atoms with van der Waals surface area (Å²) in [6.07, 6.45) is 0. The Kier molecular flexibility index (Phi) is 4.98. The van der Waals surface area contributed by atoms with Crippen LogP contribution in [0, 0.1) is 0 Å². The lowest BCUT2D eigenvalue weighted by Crippen LogP contribution is -2.23. The number of aliphatic hydroxyl groups excluding tert-OH is 1. The number of hydrogen-bond donors (Lipinski definition) is 3. The zero-order valence-electron chi connectivity index (χ0n) is 11.4. The lowest BCUT2D eigenvalue weighted by atomic mass is 10.1. The summed E-state index contributed by atoms with van der Waals surface area (Å²) < 4.78 is 5.01. The zero-order chi connectivity index (χ0) is 14.4. The topological polar surface area (TPSA) is 61.7 Å². The predicted molar refractivity (Wildman–Crippen MR) is 77.8 cm³/mol. The van der Waals surface area contributed by atoms with Gasteiger partial charge in [-0.25, -0.2) is 0 Å². The highest BCUT2D eigenvalue weighted by Gasteiger charge is 2.09. The van der Waals surface area contributed by atoms with Crippen molar-refractivity contribution < 1.29 is 14.9 Å². The maximum absolute atomic E-state index is 9.73. The van der Waals surface area contributed by atoms with Crippen LogP contribution < -0.4 is 10.1 Å². The summed E-state index contributed by atoms with van der Waals surface area (Å²) in [6, 6.07) is 14.9. The number of phenolic OH excluding ortho intramolecular Hbond substituents is 1. The fourth-order valence-corrected chi connectivity index (χ4v) is 2.06. The fourth-order valence-electron chi connectivity index (χ4n) is 2.06. The molecule has 2 rings (SSSR count). The molecule has 0 aromatic heterocycles. The number of methoxy groups -OCH3 is 1. The molecule has 4 heteroatoms. The summed E-state index contributed by atoms with van der Waals surface area (Å²) in [6.45, 7) is 0.573. The third kappa shape index (κ3) is 3.50. The minimum Gasteiger partial charge on any atom is -0.504 e. The Morgan fingerprint density at radius 3 is 2.50 bits per heavy atom. The number of aromatic hydroxyl groups is 1. The Balaban J connectivity index is 2.02. The van der Waals surface area contributed by atoms with Gasteiger partial charge >= 0.3 is 0 Å². The molecule has 0 fully saturated rings. The van der Waals surface area contributed by atoms with E-state index in [1.165, 1.54) is 7.11 Å². The van der Waals surface area contributed by atoms with Gasteiger partial charge in [0.1, 0.15) is 0 Å². The molecule has 0 saturated carbocycles. The van der Waals surface area contributed by atoms with Crippen molar-refractivity contribution in [3.63, 3.8) is 0 Å². The van der Waals surface area contributed by atoms with Crippen LogP contribution in [0.15, 0.2) is 48.5 Å². The summed E-state index contributed by atoms with van der Waals surface area (Å²) in [4.78, 5) is 0. The molecule has 0 saturated heterocycles. The Morgan fingerprint density at radius 1 is 1.15 bits per heavy atom. The minimum absolute atomic E-state index is 0.0200. The number of ether oxygens (including phenoxy) is 1. The van der Waals surface area contributed by atoms with Crippen LogP contribution in [-0.4, -0.2) is 23.9 Å². The van der Waals surface area contributed by atoms with Crippen molar-refractivity contribution in [2.45, 2.75) is 12.6 Å². The highest BCUT2D eigenvalue weighted by atomic mass is 16.5. The summed E-state index contributed by atoms with van der Waals surface area (Å²) in [5.41, 5.74) is 1.96. The van der Waals surface area contributed by atoms with Gasteiger partial charge in [-0.1, -0.05) is 36.4 Å². The first-order chi connectivity index (χ1) is 9.74. The molecule has 0 bridgehead atoms. The van der Waals surface area contributed by atoms with Crippen LogP contribution in [0.1, 0.15) is 17.2 Å². The molecule has 0 aliphatic rings. The molecule has 1 atom stereocenters. The smallest absolute Gasteiger partial charge is 0.160 e. The van der Waals surface area contributed by atoms with Gasteiger partial charge in [0.05, 0.1) is 19.8 Å². The number of aliphatic hydroxyl groups is 1. The molecule has 0 aliphatic heterocycles. The maximum Gasteiger partial charge on any atom is 0.160 e. The predicted octanol–water partition coefficient (Wildman–Crippen LogP) is 2.22. The average molecular weight is 273 g/mol. The van der Waals surface area contributed by atoms with Crippen LogP contribution in [-0.2, 0) is 6.54 Å². The van der Waals surface area contributed by atoms with Crippen LogP contribution in [0.25, 0.3) is 0 Å². The Bertz CT molecular complexity index is 543. The molecule has 20 heavy (non-hydrogen) atoms. The van der Waals surface area contributed by atoms with Gasteiger partial charge in [-0.05, 0) is 23.3 Å². The monoisotopic (exact) mass is 273 g/mol. The van der Waals surface area contributed by atoms with E-state index >= 15 is 0 Å². The van der Waals surface area contributed by atoms with Crippen molar-refractivity contribution in [3.8, 4) is 11.5 Å². The van der Waals surface area contributed by atoms with E-state index in [2.05, 4.69) is 5.32 Å². The van der Waals surface area contributed by atoms with Gasteiger partial charge in [0.25, 0.3) is 0 Å². The molecule has 0 aliphatic carbocycles. The lowest BCUT2D eigenvalue weighted by molar-refractivity contribution is 0.243. The normalized spacial score (nSPS) is 12.1. The van der Waals surface area contributed by atoms with E-state index in [1.807, 2.05) is 36.4 Å². The van der Waals surface area contributed by atoms with Gasteiger partial charge in [-0.3, -0.25) is 0 Å². The largest absolute Gasteiger partial charge is 0.504 e. The van der Waals surface area contributed by atoms with Crippen LogP contribution in [0.4, 0.5) is 0 Å². The van der Waals surface area contributed by atoms with Gasteiger partial charge < -0.3 is 20.3 Å². The van der Waals surface area contributed by atoms with Crippen molar-refractivity contribution in [1.29, 1.82) is 0 Å². The third-order valence-electron chi connectivity index (χ3n) is 3.18. The van der Waals surface area contributed by atoms with Crippen LogP contribution in [0.2, 0.25) is 0 Å². The Labute approximate surface area is 118 Å². The second kappa shape index (κ2) is 6.93. The minimum atomic E-state index is -0.125. The van der Waals surface area contributed by atoms with E-state index in [1.54, 1.807) is 12.1 Å². The second-order valence-corrected chi connectivity index (χ2v) is 4.53. The SMILES string of the molecule is COc1ccc(CN[C@@H](CO)c2ccccc2)cc1O. The molecule has 0 radical (unpaired) electrons. The number of nitrogens with one attached hydrogen (secondary N) is 1. The van der Waals surface area contributed by atoms with Gasteiger partial charge in [-0.15, -0.1) is 0 Å². The van der Waals surface area contributed by atoms with Gasteiger partial charge in [0.15, 0.2) is 11.5 Å². The summed E-state index contributed by atoms with van der Waals surface area (Å²) >= 11 is 0.